The van der Waals surface area contributed by atoms with Gasteiger partial charge in [0, 0.05) is 25.8 Å². The van der Waals surface area contributed by atoms with Crippen molar-refractivity contribution in [2.45, 2.75) is 18.9 Å². The largest absolute Gasteiger partial charge is 0.382 e. The molecule has 1 unspecified atom stereocenters. The lowest BCUT2D eigenvalue weighted by molar-refractivity contribution is -0.136. The highest BCUT2D eigenvalue weighted by Gasteiger charge is 2.45. The number of carbonyl (C=O) groups excluding carboxylic acids is 4. The van der Waals surface area contributed by atoms with Crippen LogP contribution in [0.25, 0.3) is 0 Å². The Bertz CT molecular complexity index is 778. The van der Waals surface area contributed by atoms with Gasteiger partial charge in [-0.2, -0.15) is 0 Å². The molecular formula is C18H21N3O6. The molecule has 9 nitrogen and oxygen atoms in total. The third kappa shape index (κ3) is 3.83. The molecule has 0 aromatic heterocycles. The summed E-state index contributed by atoms with van der Waals surface area (Å²) in [6.07, 6.45) is 0.222. The number of nitrogens with one attached hydrogen (secondary N) is 2. The number of fused-ring (bicyclic) bond motifs is 1. The fourth-order valence-electron chi connectivity index (χ4n) is 3.16. The first-order valence-corrected chi connectivity index (χ1v) is 8.69. The quantitative estimate of drug-likeness (QED) is 0.491. The fraction of sp³-hybridized carbons (Fsp3) is 0.444. The van der Waals surface area contributed by atoms with Crippen LogP contribution in [0.5, 0.6) is 0 Å². The molecule has 4 amide bonds. The minimum absolute atomic E-state index is 0.0910. The van der Waals surface area contributed by atoms with Crippen LogP contribution in [0.2, 0.25) is 0 Å². The van der Waals surface area contributed by atoms with Crippen molar-refractivity contribution in [2.75, 3.05) is 38.8 Å². The van der Waals surface area contributed by atoms with Crippen molar-refractivity contribution in [3.05, 3.63) is 29.3 Å². The topological polar surface area (TPSA) is 114 Å². The number of imide groups is 2. The Morgan fingerprint density at radius 2 is 1.96 bits per heavy atom. The summed E-state index contributed by atoms with van der Waals surface area (Å²) < 4.78 is 10.3. The monoisotopic (exact) mass is 375 g/mol. The van der Waals surface area contributed by atoms with Gasteiger partial charge in [-0.05, 0) is 18.6 Å². The van der Waals surface area contributed by atoms with Crippen LogP contribution in [0, 0.1) is 0 Å². The Morgan fingerprint density at radius 1 is 1.15 bits per heavy atom. The average Bonchev–Trinajstić information content (AvgIpc) is 2.90. The molecule has 1 fully saturated rings. The van der Waals surface area contributed by atoms with E-state index in [4.69, 9.17) is 9.47 Å². The van der Waals surface area contributed by atoms with E-state index in [9.17, 15) is 19.2 Å². The lowest BCUT2D eigenvalue weighted by Gasteiger charge is -2.27. The summed E-state index contributed by atoms with van der Waals surface area (Å²) in [5.41, 5.74) is 0.995. The SMILES string of the molecule is COCCOCCNc1cccc2c1C(=O)N(C1CCC(=O)NC1=O)C2=O. The predicted molar refractivity (Wildman–Crippen MR) is 94.3 cm³/mol. The first kappa shape index (κ1) is 19.0. The van der Waals surface area contributed by atoms with E-state index in [2.05, 4.69) is 10.6 Å². The molecule has 0 radical (unpaired) electrons. The number of methoxy groups -OCH3 is 1. The van der Waals surface area contributed by atoms with Gasteiger partial charge in [0.2, 0.25) is 11.8 Å². The van der Waals surface area contributed by atoms with Crippen LogP contribution in [-0.2, 0) is 19.1 Å². The van der Waals surface area contributed by atoms with Crippen molar-refractivity contribution in [1.82, 2.24) is 10.2 Å². The minimum Gasteiger partial charge on any atom is -0.382 e. The molecule has 0 aliphatic carbocycles. The Balaban J connectivity index is 1.72. The number of benzene rings is 1. The normalized spacial score (nSPS) is 19.3. The van der Waals surface area contributed by atoms with E-state index in [0.29, 0.717) is 32.1 Å². The van der Waals surface area contributed by atoms with Crippen LogP contribution in [0.4, 0.5) is 5.69 Å². The van der Waals surface area contributed by atoms with Gasteiger partial charge in [0.25, 0.3) is 11.8 Å². The van der Waals surface area contributed by atoms with Gasteiger partial charge >= 0.3 is 0 Å². The Kier molecular flexibility index (Phi) is 5.82. The zero-order valence-electron chi connectivity index (χ0n) is 14.9. The number of anilines is 1. The van der Waals surface area contributed by atoms with Gasteiger partial charge in [-0.25, -0.2) is 0 Å². The molecule has 3 rings (SSSR count). The van der Waals surface area contributed by atoms with E-state index in [0.717, 1.165) is 4.90 Å². The zero-order valence-corrected chi connectivity index (χ0v) is 14.9. The first-order valence-electron chi connectivity index (χ1n) is 8.69. The van der Waals surface area contributed by atoms with Gasteiger partial charge in [-0.3, -0.25) is 29.4 Å². The zero-order chi connectivity index (χ0) is 19.4. The van der Waals surface area contributed by atoms with E-state index in [-0.39, 0.29) is 24.0 Å². The third-order valence-electron chi connectivity index (χ3n) is 4.46. The predicted octanol–water partition coefficient (Wildman–Crippen LogP) is 0.163. The van der Waals surface area contributed by atoms with Gasteiger partial charge in [-0.1, -0.05) is 6.07 Å². The standard InChI is InChI=1S/C18H21N3O6/c1-26-9-10-27-8-7-19-12-4-2-3-11-15(12)18(25)21(17(11)24)13-5-6-14(22)20-16(13)23/h2-4,13,19H,5-10H2,1H3,(H,20,22,23). The Hall–Kier alpha value is -2.78. The molecule has 27 heavy (non-hydrogen) atoms. The van der Waals surface area contributed by atoms with Crippen LogP contribution < -0.4 is 10.6 Å². The van der Waals surface area contributed by atoms with E-state index >= 15 is 0 Å². The number of ether oxygens (including phenoxy) is 2. The molecule has 2 N–H and O–H groups in total. The number of piperidine rings is 1. The highest BCUT2D eigenvalue weighted by atomic mass is 16.5. The maximum Gasteiger partial charge on any atom is 0.264 e. The van der Waals surface area contributed by atoms with Crippen LogP contribution in [0.3, 0.4) is 0 Å². The summed E-state index contributed by atoms with van der Waals surface area (Å²) in [4.78, 5) is 50.0. The van der Waals surface area contributed by atoms with E-state index in [1.54, 1.807) is 25.3 Å². The van der Waals surface area contributed by atoms with E-state index in [1.165, 1.54) is 0 Å². The molecule has 0 bridgehead atoms. The van der Waals surface area contributed by atoms with Crippen LogP contribution in [0.1, 0.15) is 33.6 Å². The molecular weight excluding hydrogens is 354 g/mol. The maximum absolute atomic E-state index is 12.9. The van der Waals surface area contributed by atoms with Crippen LogP contribution in [0.15, 0.2) is 18.2 Å². The van der Waals surface area contributed by atoms with Crippen molar-refractivity contribution in [1.29, 1.82) is 0 Å². The Labute approximate surface area is 156 Å². The lowest BCUT2D eigenvalue weighted by Crippen LogP contribution is -2.54. The molecule has 2 aliphatic heterocycles. The molecule has 1 atom stereocenters. The van der Waals surface area contributed by atoms with Gasteiger partial charge < -0.3 is 14.8 Å². The molecule has 2 heterocycles. The summed E-state index contributed by atoms with van der Waals surface area (Å²) in [5, 5.41) is 5.28. The summed E-state index contributed by atoms with van der Waals surface area (Å²) in [6, 6.07) is 3.96. The van der Waals surface area contributed by atoms with Crippen molar-refractivity contribution in [3.8, 4) is 0 Å². The van der Waals surface area contributed by atoms with Crippen molar-refractivity contribution in [3.63, 3.8) is 0 Å². The van der Waals surface area contributed by atoms with Crippen molar-refractivity contribution < 1.29 is 28.7 Å². The van der Waals surface area contributed by atoms with Gasteiger partial charge in [0.15, 0.2) is 0 Å². The highest BCUT2D eigenvalue weighted by molar-refractivity contribution is 6.25. The number of hydrogen-bond donors (Lipinski definition) is 2. The first-order chi connectivity index (χ1) is 13.0. The van der Waals surface area contributed by atoms with Gasteiger partial charge in [0.05, 0.1) is 30.9 Å². The van der Waals surface area contributed by atoms with E-state index in [1.807, 2.05) is 0 Å². The van der Waals surface area contributed by atoms with Crippen LogP contribution in [-0.4, -0.2) is 68.0 Å². The summed E-state index contributed by atoms with van der Waals surface area (Å²) in [6.45, 7) is 1.81. The third-order valence-corrected chi connectivity index (χ3v) is 4.46. The number of nitrogens with zero attached hydrogens (tertiary/aromatic N) is 1. The minimum atomic E-state index is -0.972. The van der Waals surface area contributed by atoms with E-state index < -0.39 is 29.7 Å². The number of amides is 4. The molecule has 1 aromatic carbocycles. The second kappa shape index (κ2) is 8.28. The highest BCUT2D eigenvalue weighted by Crippen LogP contribution is 2.32. The molecule has 0 spiro atoms. The Morgan fingerprint density at radius 3 is 2.70 bits per heavy atom. The van der Waals surface area contributed by atoms with Crippen molar-refractivity contribution >= 4 is 29.3 Å². The van der Waals surface area contributed by atoms with Crippen molar-refractivity contribution in [2.24, 2.45) is 0 Å². The molecule has 9 heteroatoms. The second-order valence-electron chi connectivity index (χ2n) is 6.21. The number of hydrogen-bond acceptors (Lipinski definition) is 7. The van der Waals surface area contributed by atoms with Gasteiger partial charge in [0.1, 0.15) is 6.04 Å². The smallest absolute Gasteiger partial charge is 0.264 e. The number of rotatable bonds is 8. The van der Waals surface area contributed by atoms with Crippen LogP contribution >= 0.6 is 0 Å². The molecule has 1 aromatic rings. The number of carbonyl (C=O) groups is 4. The summed E-state index contributed by atoms with van der Waals surface area (Å²) >= 11 is 0. The molecule has 1 saturated heterocycles. The summed E-state index contributed by atoms with van der Waals surface area (Å²) in [7, 11) is 1.59. The lowest BCUT2D eigenvalue weighted by atomic mass is 10.0. The summed E-state index contributed by atoms with van der Waals surface area (Å²) in [5.74, 6) is -2.08. The van der Waals surface area contributed by atoms with Gasteiger partial charge in [-0.15, -0.1) is 0 Å². The molecule has 144 valence electrons. The molecule has 0 saturated carbocycles. The maximum atomic E-state index is 12.9. The molecule has 2 aliphatic rings. The average molecular weight is 375 g/mol. The fourth-order valence-corrected chi connectivity index (χ4v) is 3.16. The second-order valence-corrected chi connectivity index (χ2v) is 6.21.